The summed E-state index contributed by atoms with van der Waals surface area (Å²) in [7, 11) is 0. The molecule has 3 N–H and O–H groups in total. The van der Waals surface area contributed by atoms with Crippen molar-refractivity contribution in [1.82, 2.24) is 0 Å². The second kappa shape index (κ2) is 3.76. The van der Waals surface area contributed by atoms with Crippen molar-refractivity contribution in [3.8, 4) is 0 Å². The molecule has 0 heterocycles. The lowest BCUT2D eigenvalue weighted by molar-refractivity contribution is 0.262. The van der Waals surface area contributed by atoms with E-state index < -0.39 is 35.7 Å². The average Bonchev–Trinajstić information content (AvgIpc) is 2.02. The van der Waals surface area contributed by atoms with Gasteiger partial charge in [-0.15, -0.1) is 0 Å². The van der Waals surface area contributed by atoms with Crippen molar-refractivity contribution in [3.63, 3.8) is 0 Å². The van der Waals surface area contributed by atoms with Gasteiger partial charge < -0.3 is 10.8 Å². The highest BCUT2D eigenvalue weighted by molar-refractivity contribution is 5.23. The van der Waals surface area contributed by atoms with Gasteiger partial charge in [0.25, 0.3) is 0 Å². The number of hydrogen-bond donors (Lipinski definition) is 2. The van der Waals surface area contributed by atoms with Gasteiger partial charge in [0.05, 0.1) is 12.6 Å². The maximum atomic E-state index is 12.9. The van der Waals surface area contributed by atoms with E-state index in [0.717, 1.165) is 0 Å². The maximum absolute atomic E-state index is 12.9. The Balaban J connectivity index is 3.20. The van der Waals surface area contributed by atoms with Gasteiger partial charge in [-0.05, 0) is 0 Å². The minimum atomic E-state index is -1.17. The summed E-state index contributed by atoms with van der Waals surface area (Å²) >= 11 is 0. The van der Waals surface area contributed by atoms with E-state index in [1.807, 2.05) is 0 Å². The third-order valence-electron chi connectivity index (χ3n) is 1.61. The lowest BCUT2D eigenvalue weighted by Gasteiger charge is -2.10. The highest BCUT2D eigenvalue weighted by Gasteiger charge is 2.17. The van der Waals surface area contributed by atoms with Crippen LogP contribution in [0.15, 0.2) is 12.1 Å². The van der Waals surface area contributed by atoms with Crippen molar-refractivity contribution in [3.05, 3.63) is 35.1 Å². The van der Waals surface area contributed by atoms with E-state index in [1.165, 1.54) is 0 Å². The van der Waals surface area contributed by atoms with Crippen molar-refractivity contribution >= 4 is 0 Å². The van der Waals surface area contributed by atoms with Crippen molar-refractivity contribution in [2.75, 3.05) is 6.61 Å². The Hall–Kier alpha value is -1.07. The number of halogens is 3. The molecule has 0 amide bonds. The smallest absolute Gasteiger partial charge is 0.133 e. The van der Waals surface area contributed by atoms with E-state index in [2.05, 4.69) is 0 Å². The molecule has 0 aliphatic rings. The molecule has 0 aromatic heterocycles. The van der Waals surface area contributed by atoms with E-state index in [-0.39, 0.29) is 0 Å². The molecule has 0 unspecified atom stereocenters. The fourth-order valence-corrected chi connectivity index (χ4v) is 0.999. The van der Waals surface area contributed by atoms with Gasteiger partial charge in [-0.2, -0.15) is 0 Å². The van der Waals surface area contributed by atoms with Crippen LogP contribution in [0.3, 0.4) is 0 Å². The van der Waals surface area contributed by atoms with Crippen molar-refractivity contribution in [2.45, 2.75) is 6.04 Å². The SMILES string of the molecule is N[C@@H](CO)c1c(F)cc(F)cc1F. The molecule has 13 heavy (non-hydrogen) atoms. The molecule has 0 saturated heterocycles. The van der Waals surface area contributed by atoms with Crippen LogP contribution in [0.2, 0.25) is 0 Å². The van der Waals surface area contributed by atoms with Crippen molar-refractivity contribution in [1.29, 1.82) is 0 Å². The van der Waals surface area contributed by atoms with E-state index in [4.69, 9.17) is 10.8 Å². The van der Waals surface area contributed by atoms with Crippen LogP contribution in [-0.2, 0) is 0 Å². The second-order valence-electron chi connectivity index (χ2n) is 2.57. The van der Waals surface area contributed by atoms with Crippen LogP contribution < -0.4 is 5.73 Å². The first-order valence-electron chi connectivity index (χ1n) is 3.57. The van der Waals surface area contributed by atoms with E-state index in [9.17, 15) is 13.2 Å². The molecule has 0 aliphatic heterocycles. The molecule has 0 saturated carbocycles. The van der Waals surface area contributed by atoms with Gasteiger partial charge in [-0.1, -0.05) is 0 Å². The van der Waals surface area contributed by atoms with Gasteiger partial charge in [0.15, 0.2) is 0 Å². The monoisotopic (exact) mass is 191 g/mol. The normalized spacial score (nSPS) is 13.0. The molecule has 0 aliphatic carbocycles. The van der Waals surface area contributed by atoms with Crippen LogP contribution in [0.4, 0.5) is 13.2 Å². The lowest BCUT2D eigenvalue weighted by atomic mass is 10.1. The molecule has 0 radical (unpaired) electrons. The zero-order chi connectivity index (χ0) is 10.0. The van der Waals surface area contributed by atoms with Crippen LogP contribution >= 0.6 is 0 Å². The van der Waals surface area contributed by atoms with Gasteiger partial charge in [0.1, 0.15) is 17.5 Å². The van der Waals surface area contributed by atoms with Gasteiger partial charge >= 0.3 is 0 Å². The molecule has 1 aromatic carbocycles. The molecule has 1 rings (SSSR count). The first-order chi connectivity index (χ1) is 6.06. The van der Waals surface area contributed by atoms with Gasteiger partial charge in [0.2, 0.25) is 0 Å². The minimum Gasteiger partial charge on any atom is -0.394 e. The van der Waals surface area contributed by atoms with E-state index in [1.54, 1.807) is 0 Å². The summed E-state index contributed by atoms with van der Waals surface area (Å²) in [5, 5.41) is 8.55. The number of hydrogen-bond acceptors (Lipinski definition) is 2. The average molecular weight is 191 g/mol. The number of aliphatic hydroxyl groups excluding tert-OH is 1. The third kappa shape index (κ3) is 1.99. The zero-order valence-electron chi connectivity index (χ0n) is 6.60. The van der Waals surface area contributed by atoms with Crippen LogP contribution in [0.1, 0.15) is 11.6 Å². The predicted molar refractivity (Wildman–Crippen MR) is 40.3 cm³/mol. The van der Waals surface area contributed by atoms with Gasteiger partial charge in [0, 0.05) is 17.7 Å². The third-order valence-corrected chi connectivity index (χ3v) is 1.61. The molecule has 0 bridgehead atoms. The second-order valence-corrected chi connectivity index (χ2v) is 2.57. The molecule has 0 fully saturated rings. The molecule has 72 valence electrons. The highest BCUT2D eigenvalue weighted by Crippen LogP contribution is 2.19. The number of nitrogens with two attached hydrogens (primary N) is 1. The quantitative estimate of drug-likeness (QED) is 0.735. The molecular formula is C8H8F3NO. The van der Waals surface area contributed by atoms with Crippen molar-refractivity contribution in [2.24, 2.45) is 5.73 Å². The summed E-state index contributed by atoms with van der Waals surface area (Å²) in [6.45, 7) is -0.598. The predicted octanol–water partition coefficient (Wildman–Crippen LogP) is 1.10. The largest absolute Gasteiger partial charge is 0.394 e. The molecule has 1 aromatic rings. The van der Waals surface area contributed by atoms with Crippen LogP contribution in [0.25, 0.3) is 0 Å². The fraction of sp³-hybridized carbons (Fsp3) is 0.250. The summed E-state index contributed by atoms with van der Waals surface area (Å²) in [6, 6.07) is -0.123. The Kier molecular flexibility index (Phi) is 2.90. The Morgan fingerprint density at radius 3 is 2.08 bits per heavy atom. The highest BCUT2D eigenvalue weighted by atomic mass is 19.1. The first-order valence-corrected chi connectivity index (χ1v) is 3.57. The summed E-state index contributed by atoms with van der Waals surface area (Å²) in [5.41, 5.74) is 4.70. The fourth-order valence-electron chi connectivity index (χ4n) is 0.999. The zero-order valence-corrected chi connectivity index (χ0v) is 6.60. The Morgan fingerprint density at radius 1 is 1.23 bits per heavy atom. The van der Waals surface area contributed by atoms with E-state index in [0.29, 0.717) is 12.1 Å². The standard InChI is InChI=1S/C8H8F3NO/c9-4-1-5(10)8(6(11)2-4)7(12)3-13/h1-2,7,13H,3,12H2/t7-/m0/s1. The summed E-state index contributed by atoms with van der Waals surface area (Å²) < 4.78 is 38.1. The number of rotatable bonds is 2. The first kappa shape index (κ1) is 10.0. The topological polar surface area (TPSA) is 46.2 Å². The Morgan fingerprint density at radius 2 is 1.69 bits per heavy atom. The van der Waals surface area contributed by atoms with Gasteiger partial charge in [-0.3, -0.25) is 0 Å². The summed E-state index contributed by atoms with van der Waals surface area (Å²) in [4.78, 5) is 0. The van der Waals surface area contributed by atoms with E-state index >= 15 is 0 Å². The van der Waals surface area contributed by atoms with Crippen LogP contribution in [0, 0.1) is 17.5 Å². The van der Waals surface area contributed by atoms with Crippen LogP contribution in [-0.4, -0.2) is 11.7 Å². The lowest BCUT2D eigenvalue weighted by Crippen LogP contribution is -2.18. The molecule has 0 spiro atoms. The maximum Gasteiger partial charge on any atom is 0.133 e. The number of benzene rings is 1. The summed E-state index contributed by atoms with van der Waals surface area (Å²) in [6.07, 6.45) is 0. The molecular weight excluding hydrogens is 183 g/mol. The molecule has 1 atom stereocenters. The van der Waals surface area contributed by atoms with Crippen LogP contribution in [0.5, 0.6) is 0 Å². The molecule has 2 nitrogen and oxygen atoms in total. The Labute approximate surface area is 72.8 Å². The minimum absolute atomic E-state index is 0.496. The van der Waals surface area contributed by atoms with Gasteiger partial charge in [-0.25, -0.2) is 13.2 Å². The Bertz CT molecular complexity index is 293. The summed E-state index contributed by atoms with van der Waals surface area (Å²) in [5.74, 6) is -3.18. The number of aliphatic hydroxyl groups is 1. The van der Waals surface area contributed by atoms with Crippen molar-refractivity contribution < 1.29 is 18.3 Å². The molecule has 5 heteroatoms.